The van der Waals surface area contributed by atoms with E-state index in [4.69, 9.17) is 5.10 Å². The van der Waals surface area contributed by atoms with Crippen molar-refractivity contribution in [1.82, 2.24) is 15.1 Å². The second-order valence-electron chi connectivity index (χ2n) is 7.14. The van der Waals surface area contributed by atoms with Crippen LogP contribution in [0.15, 0.2) is 60.8 Å². The number of amides is 1. The summed E-state index contributed by atoms with van der Waals surface area (Å²) in [6.45, 7) is 4.14. The number of carbonyl (C=O) groups is 1. The zero-order valence-electron chi connectivity index (χ0n) is 15.1. The fourth-order valence-electron chi connectivity index (χ4n) is 3.26. The summed E-state index contributed by atoms with van der Waals surface area (Å²) in [4.78, 5) is 12.9. The minimum absolute atomic E-state index is 0.0527. The number of rotatable bonds is 5. The highest BCUT2D eigenvalue weighted by Gasteiger charge is 2.30. The Bertz CT molecular complexity index is 926. The highest BCUT2D eigenvalue weighted by atomic mass is 16.1. The van der Waals surface area contributed by atoms with Crippen molar-refractivity contribution < 1.29 is 4.79 Å². The number of benzene rings is 2. The van der Waals surface area contributed by atoms with E-state index in [1.54, 1.807) is 4.68 Å². The Morgan fingerprint density at radius 1 is 1.15 bits per heavy atom. The number of aromatic nitrogens is 2. The minimum Gasteiger partial charge on any atom is -0.349 e. The quantitative estimate of drug-likeness (QED) is 0.746. The van der Waals surface area contributed by atoms with Crippen LogP contribution in [0.3, 0.4) is 0 Å². The van der Waals surface area contributed by atoms with Crippen LogP contribution in [0, 0.1) is 12.8 Å². The van der Waals surface area contributed by atoms with E-state index < -0.39 is 0 Å². The third-order valence-corrected chi connectivity index (χ3v) is 4.96. The number of nitrogens with zero attached hydrogens (tertiary/aromatic N) is 2. The third kappa shape index (κ3) is 3.40. The molecule has 1 aromatic heterocycles. The van der Waals surface area contributed by atoms with Gasteiger partial charge in [0.2, 0.25) is 0 Å². The number of hydrogen-bond donors (Lipinski definition) is 1. The molecule has 3 aromatic rings. The molecular weight excluding hydrogens is 322 g/mol. The predicted octanol–water partition coefficient (Wildman–Crippen LogP) is 4.38. The average Bonchev–Trinajstić information content (AvgIpc) is 3.40. The molecule has 4 nitrogen and oxygen atoms in total. The van der Waals surface area contributed by atoms with Gasteiger partial charge in [-0.15, -0.1) is 0 Å². The van der Waals surface area contributed by atoms with Crippen molar-refractivity contribution in [2.45, 2.75) is 32.7 Å². The molecule has 1 heterocycles. The number of para-hydroxylation sites is 1. The Balaban J connectivity index is 1.74. The molecule has 132 valence electrons. The molecule has 1 amide bonds. The van der Waals surface area contributed by atoms with Gasteiger partial charge in [0.05, 0.1) is 11.3 Å². The van der Waals surface area contributed by atoms with Gasteiger partial charge in [-0.25, -0.2) is 4.68 Å². The first-order valence-electron chi connectivity index (χ1n) is 9.15. The van der Waals surface area contributed by atoms with Crippen LogP contribution >= 0.6 is 0 Å². The van der Waals surface area contributed by atoms with E-state index in [-0.39, 0.29) is 11.9 Å². The molecule has 0 unspecified atom stereocenters. The van der Waals surface area contributed by atoms with Crippen molar-refractivity contribution >= 4 is 5.91 Å². The topological polar surface area (TPSA) is 46.9 Å². The lowest BCUT2D eigenvalue weighted by molar-refractivity contribution is 0.0936. The zero-order valence-corrected chi connectivity index (χ0v) is 15.1. The van der Waals surface area contributed by atoms with E-state index in [9.17, 15) is 4.79 Å². The van der Waals surface area contributed by atoms with Crippen molar-refractivity contribution in [3.63, 3.8) is 0 Å². The van der Waals surface area contributed by atoms with Crippen LogP contribution in [0.2, 0.25) is 0 Å². The molecule has 1 saturated carbocycles. The summed E-state index contributed by atoms with van der Waals surface area (Å²) in [5, 5.41) is 7.89. The normalized spacial score (nSPS) is 14.8. The second kappa shape index (κ2) is 6.79. The summed E-state index contributed by atoms with van der Waals surface area (Å²) < 4.78 is 1.79. The van der Waals surface area contributed by atoms with E-state index in [0.29, 0.717) is 11.5 Å². The van der Waals surface area contributed by atoms with E-state index in [0.717, 1.165) is 22.5 Å². The monoisotopic (exact) mass is 345 g/mol. The van der Waals surface area contributed by atoms with Crippen molar-refractivity contribution in [3.8, 4) is 16.9 Å². The molecule has 0 saturated heterocycles. The van der Waals surface area contributed by atoms with E-state index in [1.807, 2.05) is 61.7 Å². The fourth-order valence-corrected chi connectivity index (χ4v) is 3.26. The first-order valence-corrected chi connectivity index (χ1v) is 9.15. The number of hydrogen-bond acceptors (Lipinski definition) is 2. The van der Waals surface area contributed by atoms with Gasteiger partial charge in [-0.05, 0) is 50.8 Å². The molecule has 0 spiro atoms. The standard InChI is InChI=1S/C22H23N3O/c1-15-7-6-8-18(13-15)21-20(22(26)23-16(2)17-11-12-17)14-25(24-21)19-9-4-3-5-10-19/h3-10,13-14,16-17H,11-12H2,1-2H3,(H,23,26)/t16-/m0/s1. The summed E-state index contributed by atoms with van der Waals surface area (Å²) in [5.41, 5.74) is 4.39. The zero-order chi connectivity index (χ0) is 18.1. The molecular formula is C22H23N3O. The Morgan fingerprint density at radius 2 is 1.92 bits per heavy atom. The summed E-state index contributed by atoms with van der Waals surface area (Å²) in [7, 11) is 0. The number of carbonyl (C=O) groups excluding carboxylic acids is 1. The Labute approximate surface area is 153 Å². The third-order valence-electron chi connectivity index (χ3n) is 4.96. The van der Waals surface area contributed by atoms with Crippen molar-refractivity contribution in [2.75, 3.05) is 0 Å². The highest BCUT2D eigenvalue weighted by Crippen LogP contribution is 2.33. The lowest BCUT2D eigenvalue weighted by Crippen LogP contribution is -2.34. The van der Waals surface area contributed by atoms with E-state index >= 15 is 0 Å². The van der Waals surface area contributed by atoms with Gasteiger partial charge in [-0.3, -0.25) is 4.79 Å². The van der Waals surface area contributed by atoms with Gasteiger partial charge in [0, 0.05) is 17.8 Å². The predicted molar refractivity (Wildman–Crippen MR) is 103 cm³/mol. The molecule has 1 atom stereocenters. The summed E-state index contributed by atoms with van der Waals surface area (Å²) in [6, 6.07) is 18.2. The van der Waals surface area contributed by atoms with Crippen molar-refractivity contribution in [1.29, 1.82) is 0 Å². The van der Waals surface area contributed by atoms with Crippen LogP contribution in [-0.2, 0) is 0 Å². The smallest absolute Gasteiger partial charge is 0.255 e. The van der Waals surface area contributed by atoms with Gasteiger partial charge in [-0.1, -0.05) is 42.0 Å². The molecule has 1 fully saturated rings. The largest absolute Gasteiger partial charge is 0.349 e. The first-order chi connectivity index (χ1) is 12.6. The van der Waals surface area contributed by atoms with Gasteiger partial charge >= 0.3 is 0 Å². The molecule has 1 N–H and O–H groups in total. The average molecular weight is 345 g/mol. The SMILES string of the molecule is Cc1cccc(-c2nn(-c3ccccc3)cc2C(=O)N[C@@H](C)C2CC2)c1. The van der Waals surface area contributed by atoms with Gasteiger partial charge in [-0.2, -0.15) is 5.10 Å². The molecule has 26 heavy (non-hydrogen) atoms. The summed E-state index contributed by atoms with van der Waals surface area (Å²) >= 11 is 0. The van der Waals surface area contributed by atoms with Crippen LogP contribution in [0.25, 0.3) is 16.9 Å². The molecule has 0 radical (unpaired) electrons. The molecule has 4 heteroatoms. The van der Waals surface area contributed by atoms with E-state index in [2.05, 4.69) is 18.3 Å². The van der Waals surface area contributed by atoms with Gasteiger partial charge < -0.3 is 5.32 Å². The molecule has 0 bridgehead atoms. The second-order valence-corrected chi connectivity index (χ2v) is 7.14. The van der Waals surface area contributed by atoms with Gasteiger partial charge in [0.15, 0.2) is 0 Å². The minimum atomic E-state index is -0.0527. The molecule has 2 aromatic carbocycles. The Morgan fingerprint density at radius 3 is 2.62 bits per heavy atom. The van der Waals surface area contributed by atoms with Crippen molar-refractivity contribution in [2.24, 2.45) is 5.92 Å². The number of nitrogens with one attached hydrogen (secondary N) is 1. The summed E-state index contributed by atoms with van der Waals surface area (Å²) in [5.74, 6) is 0.564. The van der Waals surface area contributed by atoms with Gasteiger partial charge in [0.1, 0.15) is 5.69 Å². The highest BCUT2D eigenvalue weighted by molar-refractivity contribution is 6.00. The molecule has 4 rings (SSSR count). The van der Waals surface area contributed by atoms with Gasteiger partial charge in [0.25, 0.3) is 5.91 Å². The fraction of sp³-hybridized carbons (Fsp3) is 0.273. The van der Waals surface area contributed by atoms with Crippen LogP contribution in [0.4, 0.5) is 0 Å². The maximum Gasteiger partial charge on any atom is 0.255 e. The van der Waals surface area contributed by atoms with Crippen LogP contribution in [0.5, 0.6) is 0 Å². The Kier molecular flexibility index (Phi) is 4.33. The van der Waals surface area contributed by atoms with Crippen LogP contribution < -0.4 is 5.32 Å². The lowest BCUT2D eigenvalue weighted by atomic mass is 10.0. The van der Waals surface area contributed by atoms with Crippen molar-refractivity contribution in [3.05, 3.63) is 71.9 Å². The van der Waals surface area contributed by atoms with E-state index in [1.165, 1.54) is 12.8 Å². The van der Waals surface area contributed by atoms with Crippen LogP contribution in [-0.4, -0.2) is 21.7 Å². The molecule has 1 aliphatic rings. The first kappa shape index (κ1) is 16.6. The van der Waals surface area contributed by atoms with Crippen LogP contribution in [0.1, 0.15) is 35.7 Å². The Hall–Kier alpha value is -2.88. The summed E-state index contributed by atoms with van der Waals surface area (Å²) in [6.07, 6.45) is 4.24. The lowest BCUT2D eigenvalue weighted by Gasteiger charge is -2.12. The maximum absolute atomic E-state index is 12.9. The maximum atomic E-state index is 12.9. The molecule has 0 aliphatic heterocycles. The molecule has 1 aliphatic carbocycles. The number of aryl methyl sites for hydroxylation is 1.